The number of benzene rings is 3. The Balaban J connectivity index is 1.34. The SMILES string of the molecule is CC(=O)c1sc(NC(=O)c2ccc(-c3nnc(-c4ccccc4)o3)cc2)nc1-c1ccccc1. The van der Waals surface area contributed by atoms with Gasteiger partial charge in [-0.3, -0.25) is 14.9 Å². The summed E-state index contributed by atoms with van der Waals surface area (Å²) in [5, 5.41) is 11.4. The summed E-state index contributed by atoms with van der Waals surface area (Å²) < 4.78 is 5.77. The van der Waals surface area contributed by atoms with Crippen LogP contribution in [0.25, 0.3) is 34.2 Å². The maximum atomic E-state index is 12.8. The molecule has 7 nitrogen and oxygen atoms in total. The van der Waals surface area contributed by atoms with Crippen molar-refractivity contribution in [3.05, 3.63) is 95.4 Å². The zero-order valence-corrected chi connectivity index (χ0v) is 18.9. The van der Waals surface area contributed by atoms with E-state index in [-0.39, 0.29) is 11.7 Å². The van der Waals surface area contributed by atoms with Gasteiger partial charge in [-0.05, 0) is 36.4 Å². The molecule has 2 aromatic heterocycles. The van der Waals surface area contributed by atoms with E-state index < -0.39 is 0 Å². The van der Waals surface area contributed by atoms with Crippen molar-refractivity contribution in [1.29, 1.82) is 0 Å². The van der Waals surface area contributed by atoms with Gasteiger partial charge in [0.25, 0.3) is 5.91 Å². The molecule has 0 fully saturated rings. The Morgan fingerprint density at radius 3 is 1.91 bits per heavy atom. The summed E-state index contributed by atoms with van der Waals surface area (Å²) in [6.07, 6.45) is 0. The Morgan fingerprint density at radius 1 is 0.765 bits per heavy atom. The van der Waals surface area contributed by atoms with Crippen LogP contribution in [0.15, 0.2) is 89.3 Å². The molecule has 0 spiro atoms. The minimum atomic E-state index is -0.328. The van der Waals surface area contributed by atoms with Crippen LogP contribution in [-0.2, 0) is 0 Å². The Bertz CT molecular complexity index is 1460. The van der Waals surface area contributed by atoms with Crippen LogP contribution < -0.4 is 5.32 Å². The third kappa shape index (κ3) is 4.39. The van der Waals surface area contributed by atoms with E-state index in [1.165, 1.54) is 6.92 Å². The van der Waals surface area contributed by atoms with Gasteiger partial charge in [-0.2, -0.15) is 0 Å². The largest absolute Gasteiger partial charge is 0.416 e. The number of amides is 1. The van der Waals surface area contributed by atoms with E-state index in [1.54, 1.807) is 24.3 Å². The van der Waals surface area contributed by atoms with Crippen LogP contribution in [-0.4, -0.2) is 26.9 Å². The first-order valence-corrected chi connectivity index (χ1v) is 11.3. The molecule has 1 N–H and O–H groups in total. The third-order valence-electron chi connectivity index (χ3n) is 5.05. The first-order chi connectivity index (χ1) is 16.6. The van der Waals surface area contributed by atoms with E-state index in [0.29, 0.717) is 38.6 Å². The van der Waals surface area contributed by atoms with Gasteiger partial charge in [-0.15, -0.1) is 10.2 Å². The highest BCUT2D eigenvalue weighted by molar-refractivity contribution is 7.18. The number of carbonyl (C=O) groups excluding carboxylic acids is 2. The minimum absolute atomic E-state index is 0.101. The lowest BCUT2D eigenvalue weighted by Crippen LogP contribution is -2.11. The van der Waals surface area contributed by atoms with E-state index in [0.717, 1.165) is 22.5 Å². The number of rotatable bonds is 6. The predicted octanol–water partition coefficient (Wildman–Crippen LogP) is 5.98. The summed E-state index contributed by atoms with van der Waals surface area (Å²) in [6, 6.07) is 25.8. The van der Waals surface area contributed by atoms with Crippen LogP contribution in [0.4, 0.5) is 5.13 Å². The van der Waals surface area contributed by atoms with E-state index in [4.69, 9.17) is 4.42 Å². The minimum Gasteiger partial charge on any atom is -0.416 e. The molecular formula is C26H18N4O3S. The topological polar surface area (TPSA) is 98.0 Å². The van der Waals surface area contributed by atoms with Crippen LogP contribution in [0.3, 0.4) is 0 Å². The van der Waals surface area contributed by atoms with Gasteiger partial charge >= 0.3 is 0 Å². The highest BCUT2D eigenvalue weighted by Crippen LogP contribution is 2.32. The molecule has 2 heterocycles. The smallest absolute Gasteiger partial charge is 0.257 e. The lowest BCUT2D eigenvalue weighted by molar-refractivity contribution is 0.101. The number of thiazole rings is 1. The highest BCUT2D eigenvalue weighted by atomic mass is 32.1. The molecule has 0 aliphatic heterocycles. The Morgan fingerprint density at radius 2 is 1.32 bits per heavy atom. The Hall–Kier alpha value is -4.43. The summed E-state index contributed by atoms with van der Waals surface area (Å²) in [7, 11) is 0. The number of Topliss-reactive ketones (excluding diaryl/α,β-unsaturated/α-hetero) is 1. The van der Waals surface area contributed by atoms with Gasteiger partial charge in [-0.1, -0.05) is 59.9 Å². The predicted molar refractivity (Wildman–Crippen MR) is 131 cm³/mol. The number of carbonyl (C=O) groups is 2. The van der Waals surface area contributed by atoms with Crippen molar-refractivity contribution in [2.45, 2.75) is 6.92 Å². The second-order valence-corrected chi connectivity index (χ2v) is 8.43. The van der Waals surface area contributed by atoms with Gasteiger partial charge in [0.15, 0.2) is 10.9 Å². The van der Waals surface area contributed by atoms with Crippen LogP contribution in [0, 0.1) is 0 Å². The quantitative estimate of drug-likeness (QED) is 0.309. The lowest BCUT2D eigenvalue weighted by Gasteiger charge is -2.02. The van der Waals surface area contributed by atoms with Gasteiger partial charge in [0.05, 0.1) is 10.6 Å². The molecule has 3 aromatic carbocycles. The van der Waals surface area contributed by atoms with Crippen molar-refractivity contribution >= 4 is 28.2 Å². The summed E-state index contributed by atoms with van der Waals surface area (Å²) in [5.41, 5.74) is 3.36. The van der Waals surface area contributed by atoms with Crippen molar-refractivity contribution < 1.29 is 14.0 Å². The zero-order valence-electron chi connectivity index (χ0n) is 18.1. The van der Waals surface area contributed by atoms with Crippen LogP contribution in [0.1, 0.15) is 27.0 Å². The summed E-state index contributed by atoms with van der Waals surface area (Å²) >= 11 is 1.16. The van der Waals surface area contributed by atoms with Crippen molar-refractivity contribution in [2.75, 3.05) is 5.32 Å². The number of nitrogens with zero attached hydrogens (tertiary/aromatic N) is 3. The number of hydrogen-bond acceptors (Lipinski definition) is 7. The van der Waals surface area contributed by atoms with Crippen LogP contribution in [0.5, 0.6) is 0 Å². The molecule has 0 aliphatic rings. The van der Waals surface area contributed by atoms with Crippen molar-refractivity contribution in [3.8, 4) is 34.2 Å². The van der Waals surface area contributed by atoms with E-state index >= 15 is 0 Å². The second-order valence-electron chi connectivity index (χ2n) is 7.43. The lowest BCUT2D eigenvalue weighted by atomic mass is 10.1. The molecule has 0 radical (unpaired) electrons. The molecule has 0 saturated carbocycles. The number of hydrogen-bond donors (Lipinski definition) is 1. The van der Waals surface area contributed by atoms with E-state index in [9.17, 15) is 9.59 Å². The Labute approximate surface area is 199 Å². The second kappa shape index (κ2) is 9.21. The summed E-state index contributed by atoms with van der Waals surface area (Å²) in [4.78, 5) is 29.9. The van der Waals surface area contributed by atoms with Gasteiger partial charge < -0.3 is 4.42 Å². The van der Waals surface area contributed by atoms with Crippen LogP contribution >= 0.6 is 11.3 Å². The number of anilines is 1. The van der Waals surface area contributed by atoms with Gasteiger partial charge in [-0.25, -0.2) is 4.98 Å². The maximum absolute atomic E-state index is 12.8. The fraction of sp³-hybridized carbons (Fsp3) is 0.0385. The number of ketones is 1. The normalized spacial score (nSPS) is 10.7. The molecule has 0 unspecified atom stereocenters. The van der Waals surface area contributed by atoms with E-state index in [2.05, 4.69) is 20.5 Å². The first kappa shape index (κ1) is 21.4. The van der Waals surface area contributed by atoms with Crippen LogP contribution in [0.2, 0.25) is 0 Å². The first-order valence-electron chi connectivity index (χ1n) is 10.5. The molecule has 8 heteroatoms. The molecule has 0 aliphatic carbocycles. The van der Waals surface area contributed by atoms with Gasteiger partial charge in [0.1, 0.15) is 0 Å². The zero-order chi connectivity index (χ0) is 23.5. The molecule has 0 saturated heterocycles. The molecule has 5 aromatic rings. The Kier molecular flexibility index (Phi) is 5.80. The van der Waals surface area contributed by atoms with Crippen molar-refractivity contribution in [1.82, 2.24) is 15.2 Å². The van der Waals surface area contributed by atoms with E-state index in [1.807, 2.05) is 60.7 Å². The maximum Gasteiger partial charge on any atom is 0.257 e. The molecular weight excluding hydrogens is 448 g/mol. The van der Waals surface area contributed by atoms with Crippen molar-refractivity contribution in [3.63, 3.8) is 0 Å². The average molecular weight is 467 g/mol. The fourth-order valence-electron chi connectivity index (χ4n) is 3.37. The fourth-order valence-corrected chi connectivity index (χ4v) is 4.25. The van der Waals surface area contributed by atoms with Crippen molar-refractivity contribution in [2.24, 2.45) is 0 Å². The summed E-state index contributed by atoms with van der Waals surface area (Å²) in [6.45, 7) is 1.49. The number of nitrogens with one attached hydrogen (secondary N) is 1. The molecule has 1 amide bonds. The molecule has 5 rings (SSSR count). The molecule has 0 atom stereocenters. The number of aromatic nitrogens is 3. The monoisotopic (exact) mass is 466 g/mol. The molecule has 166 valence electrons. The highest BCUT2D eigenvalue weighted by Gasteiger charge is 2.18. The average Bonchev–Trinajstić information content (AvgIpc) is 3.53. The molecule has 0 bridgehead atoms. The molecule has 34 heavy (non-hydrogen) atoms. The standard InChI is InChI=1S/C26H18N4O3S/c1-16(31)22-21(17-8-4-2-5-9-17)27-26(34-22)28-23(32)18-12-14-20(15-13-18)25-30-29-24(33-25)19-10-6-3-7-11-19/h2-15H,1H3,(H,27,28,32). The van der Waals surface area contributed by atoms with Gasteiger partial charge in [0.2, 0.25) is 11.8 Å². The summed E-state index contributed by atoms with van der Waals surface area (Å²) in [5.74, 6) is 0.363. The van der Waals surface area contributed by atoms with Gasteiger partial charge in [0, 0.05) is 29.2 Å². The third-order valence-corrected chi connectivity index (χ3v) is 6.13.